The van der Waals surface area contributed by atoms with E-state index in [0.29, 0.717) is 6.04 Å². The van der Waals surface area contributed by atoms with E-state index in [9.17, 15) is 0 Å². The van der Waals surface area contributed by atoms with Gasteiger partial charge in [-0.3, -0.25) is 0 Å². The summed E-state index contributed by atoms with van der Waals surface area (Å²) in [5.41, 5.74) is 1.44. The van der Waals surface area contributed by atoms with Crippen molar-refractivity contribution in [2.45, 2.75) is 13.0 Å². The normalized spacial score (nSPS) is 11.6. The molecule has 6 rings (SSSR count). The molecule has 0 fully saturated rings. The molecule has 1 atom stereocenters. The average molecular weight is 626 g/mol. The molecule has 4 heteroatoms. The Morgan fingerprint density at radius 3 is 1.31 bits per heavy atom. The summed E-state index contributed by atoms with van der Waals surface area (Å²) in [5, 5.41) is 8.52. The monoisotopic (exact) mass is 625 g/mol. The molecule has 0 N–H and O–H groups in total. The largest absolute Gasteiger partial charge is 2.00 e. The first-order valence-corrected chi connectivity index (χ1v) is 16.8. The Morgan fingerprint density at radius 2 is 0.929 bits per heavy atom. The van der Waals surface area contributed by atoms with E-state index in [2.05, 4.69) is 190 Å². The van der Waals surface area contributed by atoms with Gasteiger partial charge in [-0.15, -0.1) is 10.6 Å². The van der Waals surface area contributed by atoms with Gasteiger partial charge in [-0.1, -0.05) is 128 Å². The molecule has 0 aliphatic heterocycles. The molecule has 0 spiro atoms. The van der Waals surface area contributed by atoms with Crippen LogP contribution in [0.15, 0.2) is 164 Å². The molecule has 0 amide bonds. The van der Waals surface area contributed by atoms with Gasteiger partial charge in [0, 0.05) is 0 Å². The summed E-state index contributed by atoms with van der Waals surface area (Å²) < 4.78 is 0. The predicted octanol–water partition coefficient (Wildman–Crippen LogP) is 6.95. The van der Waals surface area contributed by atoms with Crippen molar-refractivity contribution in [1.29, 1.82) is 0 Å². The van der Waals surface area contributed by atoms with Crippen molar-refractivity contribution in [2.75, 3.05) is 14.1 Å². The molecule has 0 bridgehead atoms. The van der Waals surface area contributed by atoms with Crippen LogP contribution in [0.25, 0.3) is 0 Å². The molecule has 0 radical (unpaired) electrons. The van der Waals surface area contributed by atoms with Crippen LogP contribution in [-0.2, 0) is 17.1 Å². The Hall–Kier alpha value is -3.08. The summed E-state index contributed by atoms with van der Waals surface area (Å²) in [4.78, 5) is 2.28. The van der Waals surface area contributed by atoms with Crippen LogP contribution in [0.3, 0.4) is 0 Å². The van der Waals surface area contributed by atoms with Crippen LogP contribution >= 0.6 is 15.8 Å². The molecule has 0 heterocycles. The van der Waals surface area contributed by atoms with E-state index in [1.165, 1.54) is 37.4 Å². The Balaban J connectivity index is 0.000000193. The van der Waals surface area contributed by atoms with Crippen molar-refractivity contribution < 1.29 is 17.1 Å². The molecule has 0 saturated heterocycles. The van der Waals surface area contributed by atoms with Crippen molar-refractivity contribution in [2.24, 2.45) is 0 Å². The van der Waals surface area contributed by atoms with Gasteiger partial charge in [-0.05, 0) is 57.2 Å². The maximum absolute atomic E-state index is 2.31. The minimum absolute atomic E-state index is 0. The minimum atomic E-state index is -0.514. The summed E-state index contributed by atoms with van der Waals surface area (Å²) in [6, 6.07) is 59.3. The Morgan fingerprint density at radius 1 is 0.500 bits per heavy atom. The second-order valence-corrected chi connectivity index (χ2v) is 14.6. The molecular weight excluding hydrogens is 588 g/mol. The third-order valence-corrected chi connectivity index (χ3v) is 12.2. The summed E-state index contributed by atoms with van der Waals surface area (Å²) in [5.74, 6) is 0. The van der Waals surface area contributed by atoms with Crippen LogP contribution in [0, 0.1) is 0 Å². The summed E-state index contributed by atoms with van der Waals surface area (Å²) >= 11 is 0. The minimum Gasteiger partial charge on any atom is -0.315 e. The molecule has 6 aromatic carbocycles. The fourth-order valence-corrected chi connectivity index (χ4v) is 9.81. The van der Waals surface area contributed by atoms with Gasteiger partial charge in [0.05, 0.1) is 0 Å². The Bertz CT molecular complexity index is 1490. The van der Waals surface area contributed by atoms with Crippen LogP contribution in [-0.4, -0.2) is 19.0 Å². The van der Waals surface area contributed by atoms with Crippen LogP contribution in [0.5, 0.6) is 0 Å². The van der Waals surface area contributed by atoms with E-state index in [1.54, 1.807) is 0 Å². The SMILES string of the molecule is C[C@@H](c1cc[cH-]c1P(c1ccccc1)c1ccccc1)N(C)C.[Fe+2].c1ccc(P(c2ccccc2)c2ccc[cH-]2)cc1. The number of rotatable bonds is 8. The molecule has 6 aromatic rings. The standard InChI is InChI=1S/C21H23NP.C17H14P.Fe/c1-17(22(2)3)20-15-10-16-21(20)23(18-11-6-4-7-12-18)19-13-8-5-9-14-19;1-3-9-15(10-4-1)18(17-13-7-8-14-17)16-11-5-2-6-12-16;/h4-17H,1-3H3;1-14H;/q2*-1;+2/t17-;;/m0../s1. The van der Waals surface area contributed by atoms with Crippen LogP contribution in [0.2, 0.25) is 0 Å². The molecule has 0 unspecified atom stereocenters. The van der Waals surface area contributed by atoms with Gasteiger partial charge in [-0.25, -0.2) is 18.2 Å². The van der Waals surface area contributed by atoms with Crippen LogP contribution < -0.4 is 31.8 Å². The second kappa shape index (κ2) is 16.0. The zero-order valence-corrected chi connectivity index (χ0v) is 27.3. The first kappa shape index (κ1) is 31.8. The first-order valence-electron chi connectivity index (χ1n) is 14.1. The number of hydrogen-bond acceptors (Lipinski definition) is 1. The van der Waals surface area contributed by atoms with Crippen molar-refractivity contribution in [3.05, 3.63) is 169 Å². The predicted molar refractivity (Wildman–Crippen MR) is 184 cm³/mol. The smallest absolute Gasteiger partial charge is 0.315 e. The summed E-state index contributed by atoms with van der Waals surface area (Å²) in [7, 11) is 3.37. The topological polar surface area (TPSA) is 3.24 Å². The van der Waals surface area contributed by atoms with Crippen LogP contribution in [0.1, 0.15) is 18.5 Å². The number of hydrogen-bond donors (Lipinski definition) is 0. The van der Waals surface area contributed by atoms with Crippen molar-refractivity contribution in [3.8, 4) is 0 Å². The Kier molecular flexibility index (Phi) is 12.1. The summed E-state index contributed by atoms with van der Waals surface area (Å²) in [6.45, 7) is 2.28. The molecule has 0 saturated carbocycles. The number of benzene rings is 4. The van der Waals surface area contributed by atoms with E-state index in [4.69, 9.17) is 0 Å². The summed E-state index contributed by atoms with van der Waals surface area (Å²) in [6.07, 6.45) is 0. The second-order valence-electron chi connectivity index (χ2n) is 10.2. The van der Waals surface area contributed by atoms with Gasteiger partial charge < -0.3 is 4.90 Å². The molecular formula is C38H37FeNP2. The Labute approximate surface area is 265 Å². The van der Waals surface area contributed by atoms with E-state index in [-0.39, 0.29) is 17.1 Å². The first-order chi connectivity index (χ1) is 20.1. The average Bonchev–Trinajstić information content (AvgIpc) is 3.73. The van der Waals surface area contributed by atoms with Gasteiger partial charge in [0.2, 0.25) is 0 Å². The maximum Gasteiger partial charge on any atom is 2.00 e. The van der Waals surface area contributed by atoms with Gasteiger partial charge >= 0.3 is 17.1 Å². The molecule has 0 aromatic heterocycles. The van der Waals surface area contributed by atoms with E-state index >= 15 is 0 Å². The van der Waals surface area contributed by atoms with E-state index in [0.717, 1.165) is 0 Å². The molecule has 42 heavy (non-hydrogen) atoms. The number of nitrogens with zero attached hydrogens (tertiary/aromatic N) is 1. The van der Waals surface area contributed by atoms with Crippen molar-refractivity contribution >= 4 is 47.7 Å². The molecule has 0 aliphatic carbocycles. The maximum atomic E-state index is 2.31. The van der Waals surface area contributed by atoms with E-state index < -0.39 is 15.8 Å². The third kappa shape index (κ3) is 7.85. The van der Waals surface area contributed by atoms with Gasteiger partial charge in [0.1, 0.15) is 0 Å². The van der Waals surface area contributed by atoms with Crippen molar-refractivity contribution in [3.63, 3.8) is 0 Å². The fraction of sp³-hybridized carbons (Fsp3) is 0.105. The van der Waals surface area contributed by atoms with Crippen LogP contribution in [0.4, 0.5) is 0 Å². The van der Waals surface area contributed by atoms with Gasteiger partial charge in [0.25, 0.3) is 0 Å². The third-order valence-electron chi connectivity index (χ3n) is 7.25. The zero-order chi connectivity index (χ0) is 28.4. The molecule has 212 valence electrons. The quantitative estimate of drug-likeness (QED) is 0.101. The van der Waals surface area contributed by atoms with E-state index in [1.807, 2.05) is 0 Å². The van der Waals surface area contributed by atoms with Gasteiger partial charge in [-0.2, -0.15) is 29.8 Å². The van der Waals surface area contributed by atoms with Gasteiger partial charge in [0.15, 0.2) is 0 Å². The molecule has 0 aliphatic rings. The zero-order valence-electron chi connectivity index (χ0n) is 24.4. The van der Waals surface area contributed by atoms with Crippen molar-refractivity contribution in [1.82, 2.24) is 4.90 Å². The fourth-order valence-electron chi connectivity index (χ4n) is 4.96. The molecule has 1 nitrogen and oxygen atoms in total.